The van der Waals surface area contributed by atoms with Crippen LogP contribution in [0.3, 0.4) is 0 Å². The molecule has 0 fully saturated rings. The topological polar surface area (TPSA) is 78.1 Å². The molecule has 0 amide bonds. The lowest BCUT2D eigenvalue weighted by Gasteiger charge is -2.16. The van der Waals surface area contributed by atoms with Crippen LogP contribution in [0.2, 0.25) is 0 Å². The second-order valence-corrected chi connectivity index (χ2v) is 8.62. The smallest absolute Gasteiger partial charge is 0.238 e. The van der Waals surface area contributed by atoms with E-state index in [1.165, 1.54) is 13.2 Å². The first kappa shape index (κ1) is 24.7. The number of phenols is 1. The molecule has 5 aromatic rings. The van der Waals surface area contributed by atoms with Crippen molar-refractivity contribution < 1.29 is 23.7 Å². The van der Waals surface area contributed by atoms with Crippen molar-refractivity contribution in [3.8, 4) is 34.3 Å². The molecule has 38 heavy (non-hydrogen) atoms. The van der Waals surface area contributed by atoms with Crippen molar-refractivity contribution in [1.82, 2.24) is 0 Å². The summed E-state index contributed by atoms with van der Waals surface area (Å²) < 4.78 is 23.9. The van der Waals surface area contributed by atoms with Crippen LogP contribution in [0.1, 0.15) is 16.7 Å². The van der Waals surface area contributed by atoms with Crippen molar-refractivity contribution in [3.05, 3.63) is 124 Å². The van der Waals surface area contributed by atoms with E-state index in [-0.39, 0.29) is 28.2 Å². The summed E-state index contributed by atoms with van der Waals surface area (Å²) >= 11 is 0. The van der Waals surface area contributed by atoms with Gasteiger partial charge in [0.1, 0.15) is 29.9 Å². The first-order valence-electron chi connectivity index (χ1n) is 12.1. The van der Waals surface area contributed by atoms with Gasteiger partial charge in [0.15, 0.2) is 17.3 Å². The molecule has 1 heterocycles. The van der Waals surface area contributed by atoms with Crippen molar-refractivity contribution in [3.63, 3.8) is 0 Å². The molecule has 4 aromatic carbocycles. The SMILES string of the molecule is C=Cc1cc(O)c2c(=O)c(OC)c(-c3ccc(OCc4ccccc4)c(OCc4ccccc4)c3)oc2c1. The van der Waals surface area contributed by atoms with Gasteiger partial charge in [0.05, 0.1) is 7.11 Å². The Labute approximate surface area is 220 Å². The fourth-order valence-electron chi connectivity index (χ4n) is 4.15. The van der Waals surface area contributed by atoms with E-state index in [0.717, 1.165) is 11.1 Å². The molecule has 190 valence electrons. The third kappa shape index (κ3) is 5.11. The van der Waals surface area contributed by atoms with Crippen molar-refractivity contribution in [2.75, 3.05) is 7.11 Å². The van der Waals surface area contributed by atoms with Gasteiger partial charge < -0.3 is 23.7 Å². The minimum atomic E-state index is -0.479. The van der Waals surface area contributed by atoms with Crippen molar-refractivity contribution in [2.24, 2.45) is 0 Å². The Morgan fingerprint density at radius 3 is 2.08 bits per heavy atom. The summed E-state index contributed by atoms with van der Waals surface area (Å²) in [5, 5.41) is 10.5. The number of aromatic hydroxyl groups is 1. The number of rotatable bonds is 9. The van der Waals surface area contributed by atoms with Crippen LogP contribution < -0.4 is 19.6 Å². The van der Waals surface area contributed by atoms with Crippen LogP contribution in [0, 0.1) is 0 Å². The standard InChI is InChI=1S/C32H26O6/c1-3-21-16-25(33)29-28(17-21)38-31(32(35-2)30(29)34)24-14-15-26(36-19-22-10-6-4-7-11-22)27(18-24)37-20-23-12-8-5-9-13-23/h3-18,33H,1,19-20H2,2H3. The second-order valence-electron chi connectivity index (χ2n) is 8.62. The Morgan fingerprint density at radius 2 is 1.47 bits per heavy atom. The number of benzene rings is 4. The molecular weight excluding hydrogens is 480 g/mol. The van der Waals surface area contributed by atoms with Crippen molar-refractivity contribution in [2.45, 2.75) is 13.2 Å². The molecule has 0 saturated carbocycles. The normalized spacial score (nSPS) is 10.8. The van der Waals surface area contributed by atoms with E-state index in [1.807, 2.05) is 60.7 Å². The van der Waals surface area contributed by atoms with Gasteiger partial charge in [-0.3, -0.25) is 4.79 Å². The molecule has 0 bridgehead atoms. The first-order chi connectivity index (χ1) is 18.6. The van der Waals surface area contributed by atoms with Gasteiger partial charge in [0.2, 0.25) is 11.2 Å². The van der Waals surface area contributed by atoms with E-state index >= 15 is 0 Å². The zero-order valence-electron chi connectivity index (χ0n) is 20.8. The Kier molecular flexibility index (Phi) is 7.13. The molecule has 6 heteroatoms. The molecule has 0 unspecified atom stereocenters. The summed E-state index contributed by atoms with van der Waals surface area (Å²) in [6.45, 7) is 4.42. The third-order valence-electron chi connectivity index (χ3n) is 6.08. The van der Waals surface area contributed by atoms with Crippen LogP contribution in [-0.2, 0) is 13.2 Å². The molecule has 6 nitrogen and oxygen atoms in total. The van der Waals surface area contributed by atoms with Gasteiger partial charge in [-0.1, -0.05) is 73.3 Å². The quantitative estimate of drug-likeness (QED) is 0.232. The Morgan fingerprint density at radius 1 is 0.842 bits per heavy atom. The van der Waals surface area contributed by atoms with Crippen LogP contribution in [0.5, 0.6) is 23.0 Å². The molecule has 0 aliphatic carbocycles. The van der Waals surface area contributed by atoms with E-state index in [1.54, 1.807) is 30.3 Å². The fraction of sp³-hybridized carbons (Fsp3) is 0.0938. The van der Waals surface area contributed by atoms with E-state index in [2.05, 4.69) is 6.58 Å². The van der Waals surface area contributed by atoms with Gasteiger partial charge in [-0.15, -0.1) is 0 Å². The molecule has 0 saturated heterocycles. The molecule has 0 atom stereocenters. The molecule has 1 N–H and O–H groups in total. The zero-order chi connectivity index (χ0) is 26.5. The van der Waals surface area contributed by atoms with Crippen molar-refractivity contribution >= 4 is 17.0 Å². The maximum Gasteiger partial charge on any atom is 0.238 e. The maximum atomic E-state index is 13.3. The number of methoxy groups -OCH3 is 1. The fourth-order valence-corrected chi connectivity index (χ4v) is 4.15. The highest BCUT2D eigenvalue weighted by molar-refractivity contribution is 5.89. The number of fused-ring (bicyclic) bond motifs is 1. The predicted molar refractivity (Wildman–Crippen MR) is 148 cm³/mol. The summed E-state index contributed by atoms with van der Waals surface area (Å²) in [5.74, 6) is 1.01. The summed E-state index contributed by atoms with van der Waals surface area (Å²) in [7, 11) is 1.39. The summed E-state index contributed by atoms with van der Waals surface area (Å²) in [5.41, 5.74) is 2.93. The lowest BCUT2D eigenvalue weighted by molar-refractivity contribution is 0.256. The highest BCUT2D eigenvalue weighted by Gasteiger charge is 2.21. The van der Waals surface area contributed by atoms with Crippen LogP contribution in [0.25, 0.3) is 28.4 Å². The lowest BCUT2D eigenvalue weighted by Crippen LogP contribution is -2.08. The van der Waals surface area contributed by atoms with Gasteiger partial charge in [-0.25, -0.2) is 0 Å². The van der Waals surface area contributed by atoms with Crippen LogP contribution in [0.15, 0.2) is 107 Å². The number of ether oxygens (including phenoxy) is 3. The van der Waals surface area contributed by atoms with E-state index in [0.29, 0.717) is 35.8 Å². The highest BCUT2D eigenvalue weighted by Crippen LogP contribution is 2.39. The van der Waals surface area contributed by atoms with Gasteiger partial charge in [-0.2, -0.15) is 0 Å². The molecule has 5 rings (SSSR count). The van der Waals surface area contributed by atoms with Crippen LogP contribution in [-0.4, -0.2) is 12.2 Å². The Balaban J connectivity index is 1.58. The third-order valence-corrected chi connectivity index (χ3v) is 6.08. The lowest BCUT2D eigenvalue weighted by atomic mass is 10.1. The summed E-state index contributed by atoms with van der Waals surface area (Å²) in [6.07, 6.45) is 1.57. The molecular formula is C32H26O6. The molecule has 0 spiro atoms. The molecule has 0 aliphatic rings. The number of hydrogen-bond acceptors (Lipinski definition) is 6. The first-order valence-corrected chi connectivity index (χ1v) is 12.1. The zero-order valence-corrected chi connectivity index (χ0v) is 20.8. The summed E-state index contributed by atoms with van der Waals surface area (Å²) in [4.78, 5) is 13.3. The molecule has 0 aliphatic heterocycles. The largest absolute Gasteiger partial charge is 0.507 e. The van der Waals surface area contributed by atoms with E-state index < -0.39 is 5.43 Å². The molecule has 1 aromatic heterocycles. The monoisotopic (exact) mass is 506 g/mol. The number of phenolic OH excluding ortho intramolecular Hbond substituents is 1. The summed E-state index contributed by atoms with van der Waals surface area (Å²) in [6, 6.07) is 28.1. The van der Waals surface area contributed by atoms with Gasteiger partial charge in [-0.05, 0) is 47.0 Å². The Hall–Kier alpha value is -4.97. The van der Waals surface area contributed by atoms with Crippen LogP contribution >= 0.6 is 0 Å². The predicted octanol–water partition coefficient (Wildman–Crippen LogP) is 6.98. The molecule has 0 radical (unpaired) electrons. The van der Waals surface area contributed by atoms with Crippen molar-refractivity contribution in [1.29, 1.82) is 0 Å². The van der Waals surface area contributed by atoms with Gasteiger partial charge in [0, 0.05) is 5.56 Å². The highest BCUT2D eigenvalue weighted by atomic mass is 16.5. The van der Waals surface area contributed by atoms with Gasteiger partial charge in [0.25, 0.3) is 0 Å². The van der Waals surface area contributed by atoms with Crippen LogP contribution in [0.4, 0.5) is 0 Å². The van der Waals surface area contributed by atoms with E-state index in [9.17, 15) is 9.90 Å². The van der Waals surface area contributed by atoms with Gasteiger partial charge >= 0.3 is 0 Å². The average molecular weight is 507 g/mol. The second kappa shape index (κ2) is 11.0. The van der Waals surface area contributed by atoms with E-state index in [4.69, 9.17) is 18.6 Å². The average Bonchev–Trinajstić information content (AvgIpc) is 2.95. The minimum absolute atomic E-state index is 0.0221. The maximum absolute atomic E-state index is 13.3. The minimum Gasteiger partial charge on any atom is -0.507 e. The number of hydrogen-bond donors (Lipinski definition) is 1. The Bertz CT molecular complexity index is 1640.